The van der Waals surface area contributed by atoms with Crippen molar-refractivity contribution in [3.63, 3.8) is 0 Å². The van der Waals surface area contributed by atoms with Gasteiger partial charge in [-0.15, -0.1) is 15.3 Å². The predicted molar refractivity (Wildman–Crippen MR) is 412 cm³/mol. The number of azo groups is 3. The van der Waals surface area contributed by atoms with Crippen LogP contribution in [0, 0.1) is 0 Å². The minimum absolute atomic E-state index is 0.00935. The molecule has 0 fully saturated rings. The van der Waals surface area contributed by atoms with Gasteiger partial charge >= 0.3 is 0 Å². The summed E-state index contributed by atoms with van der Waals surface area (Å²) in [5, 5.41) is 81.8. The molecule has 107 heavy (non-hydrogen) atoms. The van der Waals surface area contributed by atoms with E-state index in [1.807, 2.05) is 194 Å². The number of hydrogen-bond donors (Lipinski definition) is 5. The number of phenolic OH excluding ortho intramolecular Hbond substituents is 5. The molecule has 0 saturated heterocycles. The van der Waals surface area contributed by atoms with Crippen LogP contribution in [0.2, 0.25) is 0 Å². The maximum atomic E-state index is 10.4. The van der Waals surface area contributed by atoms with Crippen molar-refractivity contribution in [2.24, 2.45) is 30.7 Å². The molecule has 9 aromatic carbocycles. The molecule has 23 heteroatoms. The standard InChI is InChI=1S/2C28H20N6O2.C28H20N6O/c35-21-9-10-22-18(15-21)7-12-26(36)27(22)33-32-19-8-11-25-24(16-19)31-28(23-6-2-4-14-30-23)34(25)17-20-5-1-3-13-29-20;35-21-10-7-18-8-12-26(36)27(22(18)16-21)33-32-19-9-11-25-24(15-19)31-28(23-6-2-4-14-30-23)34(25)17-20-5-1-3-13-29-20;35-26-14-11-19-7-1-2-9-22(19)27(26)33-32-20-12-13-25-24(17-20)31-28(23-10-4-6-16-30-23)34(25)18-21-8-3-5-15-29-21/h2*1-16,35-36H,17H2;1-17,35H,18H2. The Morgan fingerprint density at radius 3 is 1.00 bits per heavy atom. The van der Waals surface area contributed by atoms with Gasteiger partial charge in [-0.2, -0.15) is 15.3 Å². The number of rotatable bonds is 15. The third-order valence-corrected chi connectivity index (χ3v) is 17.6. The Hall–Kier alpha value is -15.1. The van der Waals surface area contributed by atoms with E-state index in [4.69, 9.17) is 15.0 Å². The van der Waals surface area contributed by atoms with Gasteiger partial charge < -0.3 is 39.2 Å². The summed E-state index contributed by atoms with van der Waals surface area (Å²) < 4.78 is 6.28. The van der Waals surface area contributed by atoms with Crippen LogP contribution in [-0.4, -0.2) is 84.1 Å². The number of imidazole rings is 3. The van der Waals surface area contributed by atoms with Crippen LogP contribution < -0.4 is 0 Å². The second-order valence-corrected chi connectivity index (χ2v) is 24.6. The first-order valence-electron chi connectivity index (χ1n) is 33.9. The summed E-state index contributed by atoms with van der Waals surface area (Å²) >= 11 is 0. The van der Waals surface area contributed by atoms with Crippen LogP contribution in [-0.2, 0) is 19.6 Å². The Balaban J connectivity index is 0.000000123. The molecule has 0 radical (unpaired) electrons. The molecular formula is C84H60N18O5. The van der Waals surface area contributed by atoms with E-state index in [2.05, 4.69) is 74.3 Å². The van der Waals surface area contributed by atoms with Crippen LogP contribution in [0.25, 0.3) is 100.0 Å². The summed E-state index contributed by atoms with van der Waals surface area (Å²) in [6.07, 6.45) is 10.6. The highest BCUT2D eigenvalue weighted by atomic mass is 16.3. The van der Waals surface area contributed by atoms with Crippen molar-refractivity contribution >= 4 is 99.5 Å². The van der Waals surface area contributed by atoms with Gasteiger partial charge in [0, 0.05) is 53.3 Å². The highest BCUT2D eigenvalue weighted by molar-refractivity contribution is 5.98. The lowest BCUT2D eigenvalue weighted by molar-refractivity contribution is 0.474. The van der Waals surface area contributed by atoms with E-state index in [1.54, 1.807) is 97.8 Å². The molecule has 0 spiro atoms. The molecule has 9 heterocycles. The summed E-state index contributed by atoms with van der Waals surface area (Å²) in [4.78, 5) is 41.5. The summed E-state index contributed by atoms with van der Waals surface area (Å²) in [5.41, 5.74) is 13.0. The number of fused-ring (bicyclic) bond motifs is 6. The van der Waals surface area contributed by atoms with Gasteiger partial charge in [0.05, 0.1) is 86.9 Å². The van der Waals surface area contributed by atoms with Crippen molar-refractivity contribution in [3.8, 4) is 63.3 Å². The number of nitrogens with zero attached hydrogens (tertiary/aromatic N) is 18. The molecule has 0 aliphatic heterocycles. The van der Waals surface area contributed by atoms with E-state index in [-0.39, 0.29) is 28.7 Å². The fourth-order valence-corrected chi connectivity index (χ4v) is 12.5. The van der Waals surface area contributed by atoms with Gasteiger partial charge in [-0.1, -0.05) is 84.9 Å². The average Bonchev–Trinajstić information content (AvgIpc) is 1.64. The summed E-state index contributed by atoms with van der Waals surface area (Å²) in [6.45, 7) is 1.65. The first-order chi connectivity index (χ1) is 52.6. The van der Waals surface area contributed by atoms with Gasteiger partial charge in [0.15, 0.2) is 17.5 Å². The second-order valence-electron chi connectivity index (χ2n) is 24.6. The summed E-state index contributed by atoms with van der Waals surface area (Å²) in [6, 6.07) is 79.5. The van der Waals surface area contributed by atoms with Crippen molar-refractivity contribution in [2.45, 2.75) is 19.6 Å². The van der Waals surface area contributed by atoms with Crippen molar-refractivity contribution in [2.75, 3.05) is 0 Å². The molecule has 0 bridgehead atoms. The molecule has 0 aliphatic rings. The largest absolute Gasteiger partial charge is 0.508 e. The first-order valence-corrected chi connectivity index (χ1v) is 33.9. The molecule has 5 N–H and O–H groups in total. The number of phenols is 5. The fourth-order valence-electron chi connectivity index (χ4n) is 12.5. The lowest BCUT2D eigenvalue weighted by Crippen LogP contribution is -2.04. The Bertz CT molecular complexity index is 6360. The zero-order chi connectivity index (χ0) is 72.6. The minimum atomic E-state index is -0.0185. The molecule has 0 atom stereocenters. The van der Waals surface area contributed by atoms with Crippen LogP contribution in [0.3, 0.4) is 0 Å². The lowest BCUT2D eigenvalue weighted by atomic mass is 10.1. The van der Waals surface area contributed by atoms with Gasteiger partial charge in [-0.05, 0) is 192 Å². The zero-order valence-electron chi connectivity index (χ0n) is 56.7. The highest BCUT2D eigenvalue weighted by Crippen LogP contribution is 2.42. The number of aromatic nitrogens is 12. The Labute approximate surface area is 609 Å². The number of hydrogen-bond acceptors (Lipinski definition) is 20. The van der Waals surface area contributed by atoms with E-state index in [0.29, 0.717) is 64.5 Å². The number of pyridine rings is 6. The Morgan fingerprint density at radius 1 is 0.262 bits per heavy atom. The zero-order valence-corrected chi connectivity index (χ0v) is 56.7. The fraction of sp³-hybridized carbons (Fsp3) is 0.0357. The number of aromatic hydroxyl groups is 5. The van der Waals surface area contributed by atoms with E-state index < -0.39 is 0 Å². The smallest absolute Gasteiger partial charge is 0.160 e. The quantitative estimate of drug-likeness (QED) is 0.0596. The third kappa shape index (κ3) is 14.4. The molecule has 516 valence electrons. The van der Waals surface area contributed by atoms with Gasteiger partial charge in [0.25, 0.3) is 0 Å². The first kappa shape index (κ1) is 66.4. The third-order valence-electron chi connectivity index (χ3n) is 17.6. The monoisotopic (exact) mass is 1400 g/mol. The molecule has 0 aliphatic carbocycles. The lowest BCUT2D eigenvalue weighted by Gasteiger charge is -2.08. The maximum absolute atomic E-state index is 10.4. The molecular weight excluding hydrogens is 1340 g/mol. The maximum Gasteiger partial charge on any atom is 0.160 e. The van der Waals surface area contributed by atoms with Crippen LogP contribution in [0.5, 0.6) is 28.7 Å². The van der Waals surface area contributed by atoms with Crippen LogP contribution in [0.1, 0.15) is 17.1 Å². The summed E-state index contributed by atoms with van der Waals surface area (Å²) in [5.74, 6) is 2.53. The van der Waals surface area contributed by atoms with Crippen molar-refractivity contribution < 1.29 is 25.5 Å². The van der Waals surface area contributed by atoms with Gasteiger partial charge in [-0.3, -0.25) is 29.9 Å². The molecule has 9 aromatic heterocycles. The Kier molecular flexibility index (Phi) is 18.5. The topological polar surface area (TPSA) is 306 Å². The van der Waals surface area contributed by atoms with Crippen LogP contribution in [0.15, 0.2) is 329 Å². The Morgan fingerprint density at radius 2 is 0.598 bits per heavy atom. The normalized spacial score (nSPS) is 11.6. The van der Waals surface area contributed by atoms with Crippen LogP contribution in [0.4, 0.5) is 34.1 Å². The molecule has 18 rings (SSSR count). The van der Waals surface area contributed by atoms with Crippen LogP contribution >= 0.6 is 0 Å². The van der Waals surface area contributed by atoms with Gasteiger partial charge in [-0.25, -0.2) is 15.0 Å². The van der Waals surface area contributed by atoms with E-state index in [1.165, 1.54) is 6.07 Å². The molecule has 0 saturated carbocycles. The molecule has 18 aromatic rings. The predicted octanol–water partition coefficient (Wildman–Crippen LogP) is 19.9. The van der Waals surface area contributed by atoms with E-state index in [9.17, 15) is 25.5 Å². The molecule has 0 unspecified atom stereocenters. The number of benzene rings is 9. The average molecular weight is 1400 g/mol. The van der Waals surface area contributed by atoms with Gasteiger partial charge in [0.1, 0.15) is 62.9 Å². The van der Waals surface area contributed by atoms with Crippen molar-refractivity contribution in [1.82, 2.24) is 58.6 Å². The van der Waals surface area contributed by atoms with Gasteiger partial charge in [0.2, 0.25) is 0 Å². The second kappa shape index (κ2) is 29.8. The van der Waals surface area contributed by atoms with E-state index in [0.717, 1.165) is 106 Å². The summed E-state index contributed by atoms with van der Waals surface area (Å²) in [7, 11) is 0. The molecule has 0 amide bonds. The van der Waals surface area contributed by atoms with E-state index >= 15 is 0 Å². The highest BCUT2D eigenvalue weighted by Gasteiger charge is 2.20. The SMILES string of the molecule is Oc1ccc2c(N=Nc3ccc4c(c3)nc(-c3ccccn3)n4Cc3ccccn3)c(O)ccc2c1.Oc1ccc2ccc(O)c(N=Nc3ccc4c(c3)nc(-c3ccccn3)n4Cc3ccccn3)c2c1.Oc1ccc2ccccc2c1N=Nc1ccc2c(c1)nc(-c1ccccn1)n2Cc1ccccn1. The minimum Gasteiger partial charge on any atom is -0.508 e. The van der Waals surface area contributed by atoms with Crippen molar-refractivity contribution in [3.05, 3.63) is 315 Å². The molecule has 23 nitrogen and oxygen atoms in total. The van der Waals surface area contributed by atoms with Crippen molar-refractivity contribution in [1.29, 1.82) is 0 Å².